The van der Waals surface area contributed by atoms with Gasteiger partial charge in [-0.2, -0.15) is 0 Å². The van der Waals surface area contributed by atoms with E-state index >= 15 is 0 Å². The summed E-state index contributed by atoms with van der Waals surface area (Å²) in [6.45, 7) is 5.56. The van der Waals surface area contributed by atoms with Gasteiger partial charge >= 0.3 is 5.97 Å². The molecule has 0 radical (unpaired) electrons. The molecule has 1 heterocycles. The number of rotatable bonds is 4. The van der Waals surface area contributed by atoms with Crippen molar-refractivity contribution in [2.24, 2.45) is 11.1 Å². The average Bonchev–Trinajstić information content (AvgIpc) is 2.63. The fraction of sp³-hybridized carbons (Fsp3) is 0.455. The first kappa shape index (κ1) is 11.5. The topological polar surface area (TPSA) is 51.8 Å². The number of aryl methyl sites for hydroxylation is 1. The van der Waals surface area contributed by atoms with Crippen LogP contribution in [0.5, 0.6) is 0 Å². The Morgan fingerprint density at radius 1 is 1.67 bits per heavy atom. The van der Waals surface area contributed by atoms with E-state index in [0.29, 0.717) is 5.76 Å². The second-order valence-electron chi connectivity index (χ2n) is 3.40. The van der Waals surface area contributed by atoms with Crippen molar-refractivity contribution in [2.75, 3.05) is 0 Å². The van der Waals surface area contributed by atoms with Crippen LogP contribution in [0, 0.1) is 12.8 Å². The fourth-order valence-corrected chi connectivity index (χ4v) is 0.910. The molecule has 1 aromatic rings. The van der Waals surface area contributed by atoms with Crippen molar-refractivity contribution in [2.45, 2.75) is 27.2 Å². The van der Waals surface area contributed by atoms with Gasteiger partial charge in [0.05, 0.1) is 5.92 Å². The molecule has 0 aliphatic rings. The Kier molecular flexibility index (Phi) is 4.09. The molecule has 0 amide bonds. The van der Waals surface area contributed by atoms with E-state index < -0.39 is 0 Å². The molecule has 4 heteroatoms. The Labute approximate surface area is 88.9 Å². The molecule has 0 N–H and O–H groups in total. The SMILES string of the molecule is CCC(C)C(=O)O/N=C/c1ccc(C)o1. The molecule has 1 atom stereocenters. The Morgan fingerprint density at radius 2 is 2.40 bits per heavy atom. The summed E-state index contributed by atoms with van der Waals surface area (Å²) in [5.41, 5.74) is 0. The van der Waals surface area contributed by atoms with Crippen LogP contribution in [0.2, 0.25) is 0 Å². The van der Waals surface area contributed by atoms with Crippen molar-refractivity contribution >= 4 is 12.2 Å². The number of furan rings is 1. The maximum atomic E-state index is 11.2. The Balaban J connectivity index is 2.43. The van der Waals surface area contributed by atoms with Crippen molar-refractivity contribution in [3.05, 3.63) is 23.7 Å². The monoisotopic (exact) mass is 209 g/mol. The normalized spacial score (nSPS) is 13.0. The lowest BCUT2D eigenvalue weighted by Crippen LogP contribution is -2.10. The van der Waals surface area contributed by atoms with Crippen molar-refractivity contribution in [3.63, 3.8) is 0 Å². The first-order chi connectivity index (χ1) is 7.13. The van der Waals surface area contributed by atoms with Gasteiger partial charge < -0.3 is 9.25 Å². The van der Waals surface area contributed by atoms with Gasteiger partial charge in [0.2, 0.25) is 0 Å². The predicted octanol–water partition coefficient (Wildman–Crippen LogP) is 2.51. The zero-order valence-electron chi connectivity index (χ0n) is 9.19. The summed E-state index contributed by atoms with van der Waals surface area (Å²) in [5, 5.41) is 3.56. The number of hydrogen-bond acceptors (Lipinski definition) is 4. The number of oxime groups is 1. The lowest BCUT2D eigenvalue weighted by atomic mass is 10.1. The summed E-state index contributed by atoms with van der Waals surface area (Å²) in [4.78, 5) is 15.9. The third kappa shape index (κ3) is 3.58. The molecule has 1 unspecified atom stereocenters. The summed E-state index contributed by atoms with van der Waals surface area (Å²) >= 11 is 0. The van der Waals surface area contributed by atoms with E-state index in [1.807, 2.05) is 19.9 Å². The Morgan fingerprint density at radius 3 is 2.93 bits per heavy atom. The van der Waals surface area contributed by atoms with Crippen molar-refractivity contribution < 1.29 is 14.0 Å². The van der Waals surface area contributed by atoms with E-state index in [1.165, 1.54) is 6.21 Å². The number of nitrogens with zero attached hydrogens (tertiary/aromatic N) is 1. The molecule has 0 aliphatic carbocycles. The van der Waals surface area contributed by atoms with Crippen LogP contribution >= 0.6 is 0 Å². The van der Waals surface area contributed by atoms with Gasteiger partial charge in [-0.25, -0.2) is 4.79 Å². The molecule has 0 saturated carbocycles. The first-order valence-electron chi connectivity index (χ1n) is 4.94. The van der Waals surface area contributed by atoms with Crippen LogP contribution in [0.4, 0.5) is 0 Å². The Hall–Kier alpha value is -1.58. The lowest BCUT2D eigenvalue weighted by Gasteiger charge is -2.02. The van der Waals surface area contributed by atoms with Crippen molar-refractivity contribution in [3.8, 4) is 0 Å². The van der Waals surface area contributed by atoms with Crippen LogP contribution in [-0.4, -0.2) is 12.2 Å². The van der Waals surface area contributed by atoms with Gasteiger partial charge in [0.15, 0.2) is 0 Å². The van der Waals surface area contributed by atoms with Gasteiger partial charge in [0.25, 0.3) is 0 Å². The lowest BCUT2D eigenvalue weighted by molar-refractivity contribution is -0.147. The molecule has 1 rings (SSSR count). The van der Waals surface area contributed by atoms with E-state index in [0.717, 1.165) is 12.2 Å². The first-order valence-corrected chi connectivity index (χ1v) is 4.94. The average molecular weight is 209 g/mol. The highest BCUT2D eigenvalue weighted by Crippen LogP contribution is 2.05. The molecule has 0 aliphatic heterocycles. The minimum atomic E-state index is -0.322. The predicted molar refractivity (Wildman–Crippen MR) is 56.6 cm³/mol. The van der Waals surface area contributed by atoms with E-state index in [1.54, 1.807) is 13.0 Å². The third-order valence-corrected chi connectivity index (χ3v) is 2.10. The van der Waals surface area contributed by atoms with Gasteiger partial charge in [-0.05, 0) is 25.5 Å². The number of carbonyl (C=O) groups is 1. The van der Waals surface area contributed by atoms with Crippen LogP contribution < -0.4 is 0 Å². The van der Waals surface area contributed by atoms with E-state index in [2.05, 4.69) is 9.99 Å². The van der Waals surface area contributed by atoms with Gasteiger partial charge in [0, 0.05) is 0 Å². The van der Waals surface area contributed by atoms with Crippen molar-refractivity contribution in [1.29, 1.82) is 0 Å². The van der Waals surface area contributed by atoms with Gasteiger partial charge in [-0.15, -0.1) is 0 Å². The summed E-state index contributed by atoms with van der Waals surface area (Å²) < 4.78 is 5.21. The molecule has 0 bridgehead atoms. The number of carbonyl (C=O) groups excluding carboxylic acids is 1. The van der Waals surface area contributed by atoms with Crippen LogP contribution in [0.1, 0.15) is 31.8 Å². The van der Waals surface area contributed by atoms with Gasteiger partial charge in [-0.1, -0.05) is 19.0 Å². The molecule has 0 saturated heterocycles. The molecular weight excluding hydrogens is 194 g/mol. The zero-order valence-corrected chi connectivity index (χ0v) is 9.19. The molecule has 0 fully saturated rings. The second kappa shape index (κ2) is 5.34. The summed E-state index contributed by atoms with van der Waals surface area (Å²) in [6.07, 6.45) is 2.13. The molecule has 82 valence electrons. The standard InChI is InChI=1S/C11H15NO3/c1-4-8(2)11(13)15-12-7-10-6-5-9(3)14-10/h5-8H,4H2,1-3H3/b12-7+. The van der Waals surface area contributed by atoms with Gasteiger partial charge in [-0.3, -0.25) is 0 Å². The van der Waals surface area contributed by atoms with Crippen LogP contribution in [0.25, 0.3) is 0 Å². The minimum Gasteiger partial charge on any atom is -0.460 e. The molecule has 0 aromatic carbocycles. The van der Waals surface area contributed by atoms with Crippen LogP contribution in [-0.2, 0) is 9.63 Å². The highest BCUT2D eigenvalue weighted by atomic mass is 16.7. The van der Waals surface area contributed by atoms with Crippen LogP contribution in [0.15, 0.2) is 21.7 Å². The summed E-state index contributed by atoms with van der Waals surface area (Å²) in [6, 6.07) is 3.58. The summed E-state index contributed by atoms with van der Waals surface area (Å²) in [7, 11) is 0. The summed E-state index contributed by atoms with van der Waals surface area (Å²) in [5.74, 6) is 0.923. The molecular formula is C11H15NO3. The fourth-order valence-electron chi connectivity index (χ4n) is 0.910. The van der Waals surface area contributed by atoms with Gasteiger partial charge in [0.1, 0.15) is 17.7 Å². The maximum absolute atomic E-state index is 11.2. The van der Waals surface area contributed by atoms with E-state index in [9.17, 15) is 4.79 Å². The molecule has 0 spiro atoms. The molecule has 4 nitrogen and oxygen atoms in total. The minimum absolute atomic E-state index is 0.125. The quantitative estimate of drug-likeness (QED) is 0.435. The van der Waals surface area contributed by atoms with E-state index in [-0.39, 0.29) is 11.9 Å². The molecule has 15 heavy (non-hydrogen) atoms. The third-order valence-electron chi connectivity index (χ3n) is 2.10. The molecule has 1 aromatic heterocycles. The Bertz CT molecular complexity index is 354. The number of hydrogen-bond donors (Lipinski definition) is 0. The largest absolute Gasteiger partial charge is 0.460 e. The second-order valence-corrected chi connectivity index (χ2v) is 3.40. The zero-order chi connectivity index (χ0) is 11.3. The highest BCUT2D eigenvalue weighted by Gasteiger charge is 2.11. The van der Waals surface area contributed by atoms with E-state index in [4.69, 9.17) is 4.42 Å². The van der Waals surface area contributed by atoms with Crippen molar-refractivity contribution in [1.82, 2.24) is 0 Å². The van der Waals surface area contributed by atoms with Crippen LogP contribution in [0.3, 0.4) is 0 Å². The maximum Gasteiger partial charge on any atom is 0.337 e. The smallest absolute Gasteiger partial charge is 0.337 e. The highest BCUT2D eigenvalue weighted by molar-refractivity contribution is 5.77.